The third kappa shape index (κ3) is 5.27. The lowest BCUT2D eigenvalue weighted by atomic mass is 9.38. The van der Waals surface area contributed by atoms with Crippen molar-refractivity contribution in [1.29, 1.82) is 0 Å². The third-order valence-electron chi connectivity index (χ3n) is 11.7. The summed E-state index contributed by atoms with van der Waals surface area (Å²) in [5.41, 5.74) is 9.48. The molecule has 3 aromatic carbocycles. The predicted molar refractivity (Wildman–Crippen MR) is 183 cm³/mol. The second kappa shape index (κ2) is 10.2. The summed E-state index contributed by atoms with van der Waals surface area (Å²) >= 11 is 0. The Labute approximate surface area is 255 Å². The molecule has 0 atom stereocenters. The molecule has 4 aromatic rings. The van der Waals surface area contributed by atoms with Crippen molar-refractivity contribution in [2.75, 3.05) is 0 Å². The molecule has 6 rings (SSSR count). The normalized spacial score (nSPS) is 20.2. The molecule has 0 N–H and O–H groups in total. The zero-order valence-corrected chi connectivity index (χ0v) is 27.0. The fourth-order valence-electron chi connectivity index (χ4n) is 7.55. The number of hydrogen-bond donors (Lipinski definition) is 0. The van der Waals surface area contributed by atoms with Crippen molar-refractivity contribution in [2.45, 2.75) is 80.7 Å². The fraction of sp³-hybridized carbons (Fsp3) is 0.421. The molecule has 2 aliphatic rings. The van der Waals surface area contributed by atoms with Gasteiger partial charge in [0.2, 0.25) is 0 Å². The number of benzene rings is 3. The molecule has 0 radical (unpaired) electrons. The molecular weight excluding hydrogens is 506 g/mol. The molecule has 0 unspecified atom stereocenters. The van der Waals surface area contributed by atoms with E-state index in [0.29, 0.717) is 35.1 Å². The number of aromatic nitrogens is 2. The number of rotatable bonds is 5. The second-order valence-corrected chi connectivity index (χ2v) is 15.8. The topological polar surface area (TPSA) is 25.8 Å². The monoisotopic (exact) mass is 552 g/mol. The minimum atomic E-state index is 0.301. The van der Waals surface area contributed by atoms with Crippen LogP contribution in [0.2, 0.25) is 25.3 Å². The van der Waals surface area contributed by atoms with Gasteiger partial charge in [0.05, 0.1) is 11.4 Å². The molecule has 3 heterocycles. The fourth-order valence-corrected chi connectivity index (χ4v) is 7.55. The molecule has 1 aromatic heterocycles. The van der Waals surface area contributed by atoms with Crippen LogP contribution in [-0.4, -0.2) is 23.4 Å². The zero-order valence-electron chi connectivity index (χ0n) is 27.0. The van der Waals surface area contributed by atoms with E-state index in [0.717, 1.165) is 33.9 Å². The van der Waals surface area contributed by atoms with E-state index in [1.165, 1.54) is 36.2 Å². The zero-order chi connectivity index (χ0) is 29.9. The van der Waals surface area contributed by atoms with Crippen molar-refractivity contribution >= 4 is 24.4 Å². The van der Waals surface area contributed by atoms with Crippen LogP contribution in [0.5, 0.6) is 0 Å². The first-order valence-electron chi connectivity index (χ1n) is 15.9. The molecule has 2 saturated heterocycles. The molecule has 0 spiro atoms. The van der Waals surface area contributed by atoms with Crippen LogP contribution in [0.25, 0.3) is 33.9 Å². The van der Waals surface area contributed by atoms with E-state index >= 15 is 0 Å². The average Bonchev–Trinajstić information content (AvgIpc) is 3.33. The lowest BCUT2D eigenvalue weighted by molar-refractivity contribution is 0.177. The van der Waals surface area contributed by atoms with Gasteiger partial charge in [0.25, 0.3) is 0 Å². The average molecular weight is 552 g/mol. The quantitative estimate of drug-likeness (QED) is 0.231. The van der Waals surface area contributed by atoms with Crippen molar-refractivity contribution in [2.24, 2.45) is 21.7 Å². The highest BCUT2D eigenvalue weighted by atomic mass is 14.9. The summed E-state index contributed by atoms with van der Waals surface area (Å²) in [5, 5.41) is 0. The summed E-state index contributed by atoms with van der Waals surface area (Å²) in [4.78, 5) is 10.5. The van der Waals surface area contributed by atoms with Gasteiger partial charge in [0, 0.05) is 16.7 Å². The van der Waals surface area contributed by atoms with Gasteiger partial charge < -0.3 is 0 Å². The van der Waals surface area contributed by atoms with E-state index in [4.69, 9.17) is 9.97 Å². The van der Waals surface area contributed by atoms with Crippen LogP contribution in [0.4, 0.5) is 0 Å². The van der Waals surface area contributed by atoms with Gasteiger partial charge in [-0.15, -0.1) is 0 Å². The van der Waals surface area contributed by atoms with E-state index in [2.05, 4.69) is 140 Å². The molecular formula is C38H46B2N2. The van der Waals surface area contributed by atoms with E-state index in [9.17, 15) is 0 Å². The first-order chi connectivity index (χ1) is 19.7. The smallest absolute Gasteiger partial charge is 0.176 e. The van der Waals surface area contributed by atoms with Crippen molar-refractivity contribution in [3.05, 3.63) is 84.9 Å². The summed E-state index contributed by atoms with van der Waals surface area (Å²) in [6, 6.07) is 30.6. The Kier molecular flexibility index (Phi) is 7.07. The Balaban J connectivity index is 1.52. The van der Waals surface area contributed by atoms with Gasteiger partial charge in [0.15, 0.2) is 19.2 Å². The maximum Gasteiger partial charge on any atom is 0.176 e. The van der Waals surface area contributed by atoms with E-state index in [1.807, 2.05) is 0 Å². The second-order valence-electron chi connectivity index (χ2n) is 15.8. The highest BCUT2D eigenvalue weighted by Gasteiger charge is 2.50. The van der Waals surface area contributed by atoms with Crippen molar-refractivity contribution in [3.8, 4) is 33.9 Å². The summed E-state index contributed by atoms with van der Waals surface area (Å²) in [7, 11) is 0. The Morgan fingerprint density at radius 2 is 0.810 bits per heavy atom. The van der Waals surface area contributed by atoms with Gasteiger partial charge >= 0.3 is 0 Å². The minimum Gasteiger partial charge on any atom is -0.228 e. The van der Waals surface area contributed by atoms with Gasteiger partial charge in [-0.05, 0) is 27.7 Å². The van der Waals surface area contributed by atoms with Crippen LogP contribution >= 0.6 is 0 Å². The molecule has 0 saturated carbocycles. The largest absolute Gasteiger partial charge is 0.228 e. The van der Waals surface area contributed by atoms with Crippen LogP contribution < -0.4 is 10.9 Å². The van der Waals surface area contributed by atoms with Crippen LogP contribution in [0.3, 0.4) is 0 Å². The lowest BCUT2D eigenvalue weighted by Gasteiger charge is -2.35. The maximum atomic E-state index is 5.24. The van der Waals surface area contributed by atoms with Crippen LogP contribution in [-0.2, 0) is 0 Å². The van der Waals surface area contributed by atoms with Crippen molar-refractivity contribution in [1.82, 2.24) is 9.97 Å². The van der Waals surface area contributed by atoms with Crippen LogP contribution in [0, 0.1) is 21.7 Å². The maximum absolute atomic E-state index is 5.24. The standard InChI is InChI=1S/C38H46B2N2/c1-35(2)23-39(24-36(35,3)4)30-19-29(20-31(21-30)40-25-37(5,6)38(7,8)26-40)34-41-32(27-15-11-9-12-16-27)22-33(42-34)28-17-13-10-14-18-28/h9-22H,23-26H2,1-8H3. The van der Waals surface area contributed by atoms with E-state index in [-0.39, 0.29) is 0 Å². The van der Waals surface area contributed by atoms with Gasteiger partial charge in [-0.1, -0.05) is 170 Å². The first kappa shape index (κ1) is 29.0. The minimum absolute atomic E-state index is 0.301. The van der Waals surface area contributed by atoms with Gasteiger partial charge in [0.1, 0.15) is 0 Å². The Morgan fingerprint density at radius 3 is 1.17 bits per heavy atom. The molecule has 42 heavy (non-hydrogen) atoms. The van der Waals surface area contributed by atoms with Gasteiger partial charge in [-0.25, -0.2) is 9.97 Å². The van der Waals surface area contributed by atoms with Crippen LogP contribution in [0.15, 0.2) is 84.9 Å². The lowest BCUT2D eigenvalue weighted by Crippen LogP contribution is -2.36. The predicted octanol–water partition coefficient (Wildman–Crippen LogP) is 9.01. The Morgan fingerprint density at radius 1 is 0.452 bits per heavy atom. The van der Waals surface area contributed by atoms with Crippen molar-refractivity contribution in [3.63, 3.8) is 0 Å². The highest BCUT2D eigenvalue weighted by Crippen LogP contribution is 2.54. The summed E-state index contributed by atoms with van der Waals surface area (Å²) in [6.45, 7) is 20.7. The summed E-state index contributed by atoms with van der Waals surface area (Å²) in [6.07, 6.45) is 4.85. The van der Waals surface area contributed by atoms with Crippen molar-refractivity contribution < 1.29 is 0 Å². The van der Waals surface area contributed by atoms with E-state index < -0.39 is 0 Å². The van der Waals surface area contributed by atoms with Gasteiger partial charge in [-0.2, -0.15) is 0 Å². The van der Waals surface area contributed by atoms with E-state index in [1.54, 1.807) is 0 Å². The summed E-state index contributed by atoms with van der Waals surface area (Å²) in [5.74, 6) is 0.825. The van der Waals surface area contributed by atoms with Crippen LogP contribution in [0.1, 0.15) is 55.4 Å². The summed E-state index contributed by atoms with van der Waals surface area (Å²) < 4.78 is 0. The molecule has 0 bridgehead atoms. The molecule has 4 heteroatoms. The first-order valence-corrected chi connectivity index (χ1v) is 15.9. The Bertz CT molecular complexity index is 1440. The molecule has 2 fully saturated rings. The molecule has 0 amide bonds. The SMILES string of the molecule is CC1(C)CB(c2cc(B3CC(C)(C)C(C)(C)C3)cc(-c3nc(-c4ccccc4)cc(-c4ccccc4)n3)c2)CC1(C)C. The molecule has 2 aliphatic heterocycles. The molecule has 0 aliphatic carbocycles. The number of nitrogens with zero attached hydrogens (tertiary/aromatic N) is 2. The molecule has 214 valence electrons. The number of hydrogen-bond acceptors (Lipinski definition) is 2. The third-order valence-corrected chi connectivity index (χ3v) is 11.7. The van der Waals surface area contributed by atoms with Gasteiger partial charge in [-0.3, -0.25) is 0 Å². The molecule has 2 nitrogen and oxygen atoms in total. The Hall–Kier alpha value is -3.13. The highest BCUT2D eigenvalue weighted by molar-refractivity contribution is 6.77.